The fourth-order valence-electron chi connectivity index (χ4n) is 4.53. The molecule has 35 heavy (non-hydrogen) atoms. The molecule has 0 heterocycles. The number of benzene rings is 2. The third-order valence-electron chi connectivity index (χ3n) is 6.17. The van der Waals surface area contributed by atoms with Gasteiger partial charge in [0, 0.05) is 18.5 Å². The summed E-state index contributed by atoms with van der Waals surface area (Å²) in [5.41, 5.74) is 4.49. The first-order valence-corrected chi connectivity index (χ1v) is 12.1. The number of carboxylic acids is 1. The van der Waals surface area contributed by atoms with Crippen molar-refractivity contribution in [2.75, 3.05) is 27.2 Å². The lowest BCUT2D eigenvalue weighted by Gasteiger charge is -2.25. The Morgan fingerprint density at radius 2 is 1.60 bits per heavy atom. The van der Waals surface area contributed by atoms with Crippen LogP contribution in [0.25, 0.3) is 11.1 Å². The lowest BCUT2D eigenvalue weighted by Crippen LogP contribution is -2.54. The topological polar surface area (TPSA) is 108 Å². The van der Waals surface area contributed by atoms with Crippen molar-refractivity contribution in [1.29, 1.82) is 0 Å². The second-order valence-electron chi connectivity index (χ2n) is 9.23. The quantitative estimate of drug-likeness (QED) is 0.428. The maximum absolute atomic E-state index is 13.0. The van der Waals surface area contributed by atoms with Gasteiger partial charge in [0.05, 0.1) is 6.42 Å². The molecule has 0 fully saturated rings. The fourth-order valence-corrected chi connectivity index (χ4v) is 4.53. The van der Waals surface area contributed by atoms with E-state index >= 15 is 0 Å². The lowest BCUT2D eigenvalue weighted by molar-refractivity contribution is -0.137. The predicted octanol–water partition coefficient (Wildman–Crippen LogP) is 3.61. The predicted molar refractivity (Wildman–Crippen MR) is 134 cm³/mol. The van der Waals surface area contributed by atoms with Crippen LogP contribution in [0.3, 0.4) is 0 Å². The van der Waals surface area contributed by atoms with Gasteiger partial charge in [0.1, 0.15) is 12.6 Å². The lowest BCUT2D eigenvalue weighted by atomic mass is 9.98. The van der Waals surface area contributed by atoms with Crippen LogP contribution in [0.4, 0.5) is 4.79 Å². The molecular weight excluding hydrogens is 446 g/mol. The number of alkyl carbamates (subject to hydrolysis) is 1. The first kappa shape index (κ1) is 26.2. The van der Waals surface area contributed by atoms with Crippen molar-refractivity contribution in [3.63, 3.8) is 0 Å². The summed E-state index contributed by atoms with van der Waals surface area (Å²) in [5, 5.41) is 14.7. The molecule has 1 aliphatic carbocycles. The molecule has 0 aliphatic heterocycles. The third kappa shape index (κ3) is 7.05. The van der Waals surface area contributed by atoms with Crippen molar-refractivity contribution in [3.8, 4) is 11.1 Å². The molecular formula is C27H35N3O5. The fraction of sp³-hybridized carbons (Fsp3) is 0.444. The number of aliphatic carboxylic acids is 1. The van der Waals surface area contributed by atoms with Crippen LogP contribution in [-0.4, -0.2) is 67.3 Å². The average molecular weight is 482 g/mol. The van der Waals surface area contributed by atoms with Crippen molar-refractivity contribution >= 4 is 18.0 Å². The molecule has 2 amide bonds. The summed E-state index contributed by atoms with van der Waals surface area (Å²) < 4.78 is 5.59. The largest absolute Gasteiger partial charge is 0.481 e. The zero-order valence-corrected chi connectivity index (χ0v) is 20.6. The standard InChI is InChI=1S/C27H35N3O5/c1-4-5-10-18(15-25(31)32)28-26(33)24(16-30(2)3)29-27(34)35-17-23-21-13-8-6-11-19(21)20-12-7-9-14-22(20)23/h6-9,11-14,18,23-24H,4-5,10,15-17H2,1-3H3,(H,28,33)(H,29,34)(H,31,32). The Labute approximate surface area is 206 Å². The van der Waals surface area contributed by atoms with Gasteiger partial charge in [-0.2, -0.15) is 0 Å². The molecule has 1 aliphatic rings. The van der Waals surface area contributed by atoms with E-state index in [1.165, 1.54) is 0 Å². The van der Waals surface area contributed by atoms with E-state index in [4.69, 9.17) is 4.74 Å². The molecule has 3 rings (SSSR count). The SMILES string of the molecule is CCCCC(CC(=O)O)NC(=O)C(CN(C)C)NC(=O)OCC1c2ccccc2-c2ccccc21. The van der Waals surface area contributed by atoms with Gasteiger partial charge in [-0.15, -0.1) is 0 Å². The Hall–Kier alpha value is -3.39. The monoisotopic (exact) mass is 481 g/mol. The van der Waals surface area contributed by atoms with E-state index in [1.54, 1.807) is 19.0 Å². The Bertz CT molecular complexity index is 993. The summed E-state index contributed by atoms with van der Waals surface area (Å²) in [7, 11) is 3.59. The summed E-state index contributed by atoms with van der Waals surface area (Å²) in [6.45, 7) is 2.41. The molecule has 2 unspecified atom stereocenters. The summed E-state index contributed by atoms with van der Waals surface area (Å²) in [5.74, 6) is -1.47. The van der Waals surface area contributed by atoms with Gasteiger partial charge in [-0.3, -0.25) is 9.59 Å². The number of fused-ring (bicyclic) bond motifs is 3. The van der Waals surface area contributed by atoms with Crippen LogP contribution in [-0.2, 0) is 14.3 Å². The summed E-state index contributed by atoms with van der Waals surface area (Å²) >= 11 is 0. The molecule has 188 valence electrons. The number of carbonyl (C=O) groups is 3. The highest BCUT2D eigenvalue weighted by Crippen LogP contribution is 2.44. The Kier molecular flexibility index (Phi) is 9.25. The van der Waals surface area contributed by atoms with Crippen molar-refractivity contribution < 1.29 is 24.2 Å². The number of ether oxygens (including phenoxy) is 1. The average Bonchev–Trinajstić information content (AvgIpc) is 3.14. The molecule has 8 heteroatoms. The highest BCUT2D eigenvalue weighted by atomic mass is 16.5. The highest BCUT2D eigenvalue weighted by molar-refractivity contribution is 5.86. The van der Waals surface area contributed by atoms with Crippen molar-refractivity contribution in [3.05, 3.63) is 59.7 Å². The van der Waals surface area contributed by atoms with Gasteiger partial charge >= 0.3 is 12.1 Å². The Morgan fingerprint density at radius 1 is 1.00 bits per heavy atom. The molecule has 8 nitrogen and oxygen atoms in total. The van der Waals surface area contributed by atoms with Gasteiger partial charge in [0.25, 0.3) is 0 Å². The number of unbranched alkanes of at least 4 members (excludes halogenated alkanes) is 1. The third-order valence-corrected chi connectivity index (χ3v) is 6.17. The van der Waals surface area contributed by atoms with Gasteiger partial charge < -0.3 is 25.4 Å². The van der Waals surface area contributed by atoms with E-state index in [0.29, 0.717) is 6.42 Å². The Morgan fingerprint density at radius 3 is 2.14 bits per heavy atom. The van der Waals surface area contributed by atoms with Crippen molar-refractivity contribution in [2.24, 2.45) is 0 Å². The molecule has 2 aromatic carbocycles. The van der Waals surface area contributed by atoms with Crippen LogP contribution in [0.15, 0.2) is 48.5 Å². The number of carboxylic acid groups (broad SMARTS) is 1. The van der Waals surface area contributed by atoms with Crippen LogP contribution < -0.4 is 10.6 Å². The van der Waals surface area contributed by atoms with Gasteiger partial charge in [-0.25, -0.2) is 4.79 Å². The van der Waals surface area contributed by atoms with Gasteiger partial charge in [-0.05, 0) is 42.8 Å². The van der Waals surface area contributed by atoms with Gasteiger partial charge in [0.2, 0.25) is 5.91 Å². The number of carbonyl (C=O) groups excluding carboxylic acids is 2. The van der Waals surface area contributed by atoms with E-state index < -0.39 is 30.1 Å². The minimum Gasteiger partial charge on any atom is -0.481 e. The number of rotatable bonds is 12. The molecule has 2 atom stereocenters. The van der Waals surface area contributed by atoms with Crippen LogP contribution >= 0.6 is 0 Å². The first-order valence-electron chi connectivity index (χ1n) is 12.1. The van der Waals surface area contributed by atoms with E-state index in [1.807, 2.05) is 43.3 Å². The molecule has 0 radical (unpaired) electrons. The van der Waals surface area contributed by atoms with E-state index in [-0.39, 0.29) is 25.5 Å². The second kappa shape index (κ2) is 12.4. The number of hydrogen-bond donors (Lipinski definition) is 3. The van der Waals surface area contributed by atoms with Crippen LogP contribution in [0.5, 0.6) is 0 Å². The molecule has 0 spiro atoms. The minimum absolute atomic E-state index is 0.0803. The summed E-state index contributed by atoms with van der Waals surface area (Å²) in [6.07, 6.45) is 1.42. The molecule has 0 aromatic heterocycles. The molecule has 3 N–H and O–H groups in total. The number of amides is 2. The highest BCUT2D eigenvalue weighted by Gasteiger charge is 2.30. The normalized spacial score (nSPS) is 14.1. The zero-order chi connectivity index (χ0) is 25.4. The zero-order valence-electron chi connectivity index (χ0n) is 20.6. The van der Waals surface area contributed by atoms with Crippen LogP contribution in [0.2, 0.25) is 0 Å². The molecule has 0 saturated carbocycles. The smallest absolute Gasteiger partial charge is 0.407 e. The molecule has 0 saturated heterocycles. The van der Waals surface area contributed by atoms with E-state index in [2.05, 4.69) is 22.8 Å². The maximum atomic E-state index is 13.0. The van der Waals surface area contributed by atoms with Crippen LogP contribution in [0.1, 0.15) is 49.7 Å². The summed E-state index contributed by atoms with van der Waals surface area (Å²) in [6, 6.07) is 14.8. The van der Waals surface area contributed by atoms with Crippen LogP contribution in [0, 0.1) is 0 Å². The van der Waals surface area contributed by atoms with Crippen molar-refractivity contribution in [1.82, 2.24) is 15.5 Å². The van der Waals surface area contributed by atoms with Gasteiger partial charge in [-0.1, -0.05) is 68.3 Å². The number of likely N-dealkylation sites (N-methyl/N-ethyl adjacent to an activating group) is 1. The number of hydrogen-bond acceptors (Lipinski definition) is 5. The molecule has 0 bridgehead atoms. The number of nitrogens with zero attached hydrogens (tertiary/aromatic N) is 1. The van der Waals surface area contributed by atoms with E-state index in [0.717, 1.165) is 35.1 Å². The maximum Gasteiger partial charge on any atom is 0.407 e. The summed E-state index contributed by atoms with van der Waals surface area (Å²) in [4.78, 5) is 38.7. The molecule has 2 aromatic rings. The number of nitrogens with one attached hydrogen (secondary N) is 2. The van der Waals surface area contributed by atoms with Crippen molar-refractivity contribution in [2.45, 2.75) is 50.6 Å². The van der Waals surface area contributed by atoms with E-state index in [9.17, 15) is 19.5 Å². The first-order chi connectivity index (χ1) is 16.8. The second-order valence-corrected chi connectivity index (χ2v) is 9.23. The minimum atomic E-state index is -0.972. The van der Waals surface area contributed by atoms with Gasteiger partial charge in [0.15, 0.2) is 0 Å². The Balaban J connectivity index is 1.64.